The van der Waals surface area contributed by atoms with Gasteiger partial charge in [0.25, 0.3) is 0 Å². The van der Waals surface area contributed by atoms with E-state index in [4.69, 9.17) is 5.26 Å². The lowest BCUT2D eigenvalue weighted by Crippen LogP contribution is -2.36. The average Bonchev–Trinajstić information content (AvgIpc) is 2.46. The van der Waals surface area contributed by atoms with Gasteiger partial charge < -0.3 is 5.11 Å². The predicted molar refractivity (Wildman–Crippen MR) is 76.4 cm³/mol. The summed E-state index contributed by atoms with van der Waals surface area (Å²) >= 11 is 0. The molecule has 2 N–H and O–H groups in total. The van der Waals surface area contributed by atoms with Crippen LogP contribution in [0.15, 0.2) is 29.2 Å². The fourth-order valence-corrected chi connectivity index (χ4v) is 3.04. The Morgan fingerprint density at radius 2 is 1.80 bits per heavy atom. The Kier molecular flexibility index (Phi) is 6.14. The minimum absolute atomic E-state index is 0.00528. The van der Waals surface area contributed by atoms with E-state index in [1.165, 1.54) is 24.3 Å². The predicted octanol–water partition coefficient (Wildman–Crippen LogP) is 1.63. The lowest BCUT2D eigenvalue weighted by Gasteiger charge is -2.20. The fourth-order valence-electron chi connectivity index (χ4n) is 1.99. The highest BCUT2D eigenvalue weighted by molar-refractivity contribution is 7.89. The molecule has 0 saturated carbocycles. The van der Waals surface area contributed by atoms with Gasteiger partial charge in [-0.2, -0.15) is 5.26 Å². The molecule has 0 amide bonds. The zero-order chi connectivity index (χ0) is 15.2. The Morgan fingerprint density at radius 3 is 2.25 bits per heavy atom. The molecule has 20 heavy (non-hydrogen) atoms. The van der Waals surface area contributed by atoms with E-state index in [9.17, 15) is 13.5 Å². The molecule has 0 radical (unpaired) electrons. The largest absolute Gasteiger partial charge is 0.391 e. The van der Waals surface area contributed by atoms with Gasteiger partial charge in [-0.25, -0.2) is 13.1 Å². The van der Waals surface area contributed by atoms with Crippen LogP contribution in [0, 0.1) is 17.2 Å². The van der Waals surface area contributed by atoms with Gasteiger partial charge in [-0.05, 0) is 30.2 Å². The fraction of sp³-hybridized carbons (Fsp3) is 0.500. The third-order valence-corrected chi connectivity index (χ3v) is 4.81. The maximum Gasteiger partial charge on any atom is 0.240 e. The molecular formula is C14H20N2O3S. The van der Waals surface area contributed by atoms with Crippen molar-refractivity contribution < 1.29 is 13.5 Å². The summed E-state index contributed by atoms with van der Waals surface area (Å²) in [5, 5.41) is 18.6. The van der Waals surface area contributed by atoms with Gasteiger partial charge in [0.15, 0.2) is 0 Å². The first kappa shape index (κ1) is 16.6. The smallest absolute Gasteiger partial charge is 0.240 e. The number of hydrogen-bond acceptors (Lipinski definition) is 4. The molecule has 1 rings (SSSR count). The van der Waals surface area contributed by atoms with Gasteiger partial charge in [-0.3, -0.25) is 0 Å². The molecule has 1 atom stereocenters. The molecule has 6 heteroatoms. The molecule has 0 aliphatic heterocycles. The first-order chi connectivity index (χ1) is 9.44. The molecule has 1 unspecified atom stereocenters. The van der Waals surface area contributed by atoms with Gasteiger partial charge >= 0.3 is 0 Å². The first-order valence-electron chi connectivity index (χ1n) is 6.62. The molecule has 0 spiro atoms. The van der Waals surface area contributed by atoms with Crippen LogP contribution in [0.4, 0.5) is 0 Å². The van der Waals surface area contributed by atoms with Crippen LogP contribution in [0.5, 0.6) is 0 Å². The van der Waals surface area contributed by atoms with Crippen LogP contribution < -0.4 is 4.72 Å². The molecule has 0 saturated heterocycles. The van der Waals surface area contributed by atoms with E-state index in [0.29, 0.717) is 5.56 Å². The molecule has 110 valence electrons. The number of sulfonamides is 1. The summed E-state index contributed by atoms with van der Waals surface area (Å²) in [6.45, 7) is 3.92. The Balaban J connectivity index is 2.72. The number of aliphatic hydroxyl groups excluding tert-OH is 1. The molecule has 0 fully saturated rings. The summed E-state index contributed by atoms with van der Waals surface area (Å²) in [4.78, 5) is 0.0910. The molecule has 5 nitrogen and oxygen atoms in total. The zero-order valence-electron chi connectivity index (χ0n) is 11.7. The maximum absolute atomic E-state index is 12.0. The summed E-state index contributed by atoms with van der Waals surface area (Å²) in [5.74, 6) is 0.0821. The number of rotatable bonds is 7. The summed E-state index contributed by atoms with van der Waals surface area (Å²) in [6, 6.07) is 7.59. The number of hydrogen-bond donors (Lipinski definition) is 2. The Labute approximate surface area is 120 Å². The van der Waals surface area contributed by atoms with E-state index in [0.717, 1.165) is 12.8 Å². The third kappa shape index (κ3) is 4.30. The Bertz CT molecular complexity index is 557. The number of nitrogens with zero attached hydrogens (tertiary/aromatic N) is 1. The van der Waals surface area contributed by atoms with E-state index in [1.54, 1.807) is 0 Å². The van der Waals surface area contributed by atoms with Crippen molar-refractivity contribution in [1.82, 2.24) is 4.72 Å². The number of aliphatic hydroxyl groups is 1. The number of nitrogens with one attached hydrogen (secondary N) is 1. The third-order valence-electron chi connectivity index (χ3n) is 3.37. The van der Waals surface area contributed by atoms with Crippen molar-refractivity contribution >= 4 is 10.0 Å². The van der Waals surface area contributed by atoms with Gasteiger partial charge in [0, 0.05) is 6.54 Å². The lowest BCUT2D eigenvalue weighted by molar-refractivity contribution is 0.107. The number of nitriles is 1. The van der Waals surface area contributed by atoms with E-state index >= 15 is 0 Å². The highest BCUT2D eigenvalue weighted by Crippen LogP contribution is 2.14. The standard InChI is InChI=1S/C14H20N2O3S/c1-3-12(4-2)14(17)10-16-20(18,19)13-7-5-11(9-15)6-8-13/h5-8,12,14,16-17H,3-4,10H2,1-2H3. The topological polar surface area (TPSA) is 90.2 Å². The maximum atomic E-state index is 12.0. The second-order valence-electron chi connectivity index (χ2n) is 4.63. The van der Waals surface area contributed by atoms with E-state index < -0.39 is 16.1 Å². The summed E-state index contributed by atoms with van der Waals surface area (Å²) in [6.07, 6.45) is 0.908. The van der Waals surface area contributed by atoms with Crippen LogP contribution in [0.25, 0.3) is 0 Å². The highest BCUT2D eigenvalue weighted by atomic mass is 32.2. The van der Waals surface area contributed by atoms with E-state index in [2.05, 4.69) is 4.72 Å². The first-order valence-corrected chi connectivity index (χ1v) is 8.10. The summed E-state index contributed by atoms with van der Waals surface area (Å²) in [5.41, 5.74) is 0.404. The average molecular weight is 296 g/mol. The minimum atomic E-state index is -3.65. The van der Waals surface area contributed by atoms with E-state index in [-0.39, 0.29) is 17.4 Å². The second kappa shape index (κ2) is 7.39. The van der Waals surface area contributed by atoms with Crippen molar-refractivity contribution in [2.24, 2.45) is 5.92 Å². The van der Waals surface area contributed by atoms with Crippen molar-refractivity contribution in [3.63, 3.8) is 0 Å². The molecular weight excluding hydrogens is 276 g/mol. The van der Waals surface area contributed by atoms with Gasteiger partial charge in [0.1, 0.15) is 0 Å². The molecule has 0 bridgehead atoms. The zero-order valence-corrected chi connectivity index (χ0v) is 12.5. The SMILES string of the molecule is CCC(CC)C(O)CNS(=O)(=O)c1ccc(C#N)cc1. The van der Waals surface area contributed by atoms with Crippen LogP contribution in [0.1, 0.15) is 32.3 Å². The monoisotopic (exact) mass is 296 g/mol. The van der Waals surface area contributed by atoms with Gasteiger partial charge in [0.2, 0.25) is 10.0 Å². The van der Waals surface area contributed by atoms with Gasteiger partial charge in [-0.15, -0.1) is 0 Å². The minimum Gasteiger partial charge on any atom is -0.391 e. The summed E-state index contributed by atoms with van der Waals surface area (Å²) < 4.78 is 26.5. The second-order valence-corrected chi connectivity index (χ2v) is 6.40. The molecule has 0 aliphatic rings. The molecule has 1 aromatic rings. The van der Waals surface area contributed by atoms with Crippen molar-refractivity contribution in [3.8, 4) is 6.07 Å². The van der Waals surface area contributed by atoms with Crippen LogP contribution >= 0.6 is 0 Å². The Morgan fingerprint density at radius 1 is 1.25 bits per heavy atom. The lowest BCUT2D eigenvalue weighted by atomic mass is 9.97. The van der Waals surface area contributed by atoms with Crippen LogP contribution in [0.2, 0.25) is 0 Å². The van der Waals surface area contributed by atoms with Crippen LogP contribution in [-0.2, 0) is 10.0 Å². The summed E-state index contributed by atoms with van der Waals surface area (Å²) in [7, 11) is -3.65. The van der Waals surface area contributed by atoms with E-state index in [1.807, 2.05) is 19.9 Å². The van der Waals surface area contributed by atoms with Crippen molar-refractivity contribution in [1.29, 1.82) is 5.26 Å². The molecule has 0 aliphatic carbocycles. The van der Waals surface area contributed by atoms with Gasteiger partial charge in [0.05, 0.1) is 22.6 Å². The quantitative estimate of drug-likeness (QED) is 0.800. The molecule has 1 aromatic carbocycles. The normalized spacial score (nSPS) is 13.2. The Hall–Kier alpha value is -1.42. The number of benzene rings is 1. The van der Waals surface area contributed by atoms with Crippen LogP contribution in [-0.4, -0.2) is 26.2 Å². The molecule has 0 aromatic heterocycles. The van der Waals surface area contributed by atoms with Crippen LogP contribution in [0.3, 0.4) is 0 Å². The van der Waals surface area contributed by atoms with Crippen molar-refractivity contribution in [3.05, 3.63) is 29.8 Å². The van der Waals surface area contributed by atoms with Crippen molar-refractivity contribution in [2.45, 2.75) is 37.7 Å². The highest BCUT2D eigenvalue weighted by Gasteiger charge is 2.20. The van der Waals surface area contributed by atoms with Gasteiger partial charge in [-0.1, -0.05) is 26.7 Å². The molecule has 0 heterocycles. The van der Waals surface area contributed by atoms with Crippen molar-refractivity contribution in [2.75, 3.05) is 6.54 Å².